The Morgan fingerprint density at radius 1 is 0.857 bits per heavy atom. The quantitative estimate of drug-likeness (QED) is 0.501. The molecule has 0 aliphatic carbocycles. The lowest BCUT2D eigenvalue weighted by molar-refractivity contribution is -0.137. The minimum Gasteiger partial charge on any atom is -0.507 e. The zero-order chi connectivity index (χ0) is 23.4. The van der Waals surface area contributed by atoms with E-state index in [1.54, 1.807) is 0 Å². The van der Waals surface area contributed by atoms with Crippen LogP contribution in [-0.4, -0.2) is 47.0 Å². The minimum absolute atomic E-state index is 0. The molecule has 2 saturated heterocycles. The van der Waals surface area contributed by atoms with Crippen LogP contribution >= 0.6 is 24.8 Å². The summed E-state index contributed by atoms with van der Waals surface area (Å²) in [6, 6.07) is 8.05. The molecule has 35 heavy (non-hydrogen) atoms. The van der Waals surface area contributed by atoms with E-state index in [1.807, 2.05) is 12.1 Å². The lowest BCUT2D eigenvalue weighted by atomic mass is 10.0. The summed E-state index contributed by atoms with van der Waals surface area (Å²) in [7, 11) is 0. The molecular formula is C25H32Cl2F3N3O2. The fourth-order valence-corrected chi connectivity index (χ4v) is 4.63. The van der Waals surface area contributed by atoms with Crippen LogP contribution in [0.15, 0.2) is 36.4 Å². The average Bonchev–Trinajstić information content (AvgIpc) is 3.49. The number of nitrogens with zero attached hydrogens (tertiary/aromatic N) is 2. The summed E-state index contributed by atoms with van der Waals surface area (Å²) < 4.78 is 38.3. The molecule has 2 heterocycles. The topological polar surface area (TPSA) is 55.8 Å². The van der Waals surface area contributed by atoms with Crippen LogP contribution in [0.3, 0.4) is 0 Å². The van der Waals surface area contributed by atoms with Gasteiger partial charge in [0.05, 0.1) is 5.56 Å². The van der Waals surface area contributed by atoms with Gasteiger partial charge in [-0.25, -0.2) is 0 Å². The van der Waals surface area contributed by atoms with E-state index in [4.69, 9.17) is 0 Å². The number of hydrogen-bond acceptors (Lipinski definition) is 4. The van der Waals surface area contributed by atoms with Crippen molar-refractivity contribution in [2.75, 3.05) is 26.2 Å². The molecule has 2 fully saturated rings. The first-order valence-electron chi connectivity index (χ1n) is 11.5. The van der Waals surface area contributed by atoms with E-state index >= 15 is 0 Å². The molecule has 0 unspecified atom stereocenters. The van der Waals surface area contributed by atoms with Gasteiger partial charge in [-0.05, 0) is 93.8 Å². The molecule has 2 aliphatic heterocycles. The monoisotopic (exact) mass is 533 g/mol. The van der Waals surface area contributed by atoms with Crippen LogP contribution in [0.4, 0.5) is 13.2 Å². The normalized spacial score (nSPS) is 16.5. The number of phenols is 1. The fraction of sp³-hybridized carbons (Fsp3) is 0.480. The fourth-order valence-electron chi connectivity index (χ4n) is 4.63. The minimum atomic E-state index is -4.43. The SMILES string of the molecule is Cl.Cl.O=C(NCc1cc(CN2CCCC2)c(O)c(CN2CCCC2)c1)c1ccc(C(F)(F)F)cc1. The molecule has 0 radical (unpaired) electrons. The Bertz CT molecular complexity index is 936. The molecule has 5 nitrogen and oxygen atoms in total. The number of carbonyl (C=O) groups excluding carboxylic acids is 1. The number of benzene rings is 2. The van der Waals surface area contributed by atoms with E-state index in [0.717, 1.165) is 80.7 Å². The maximum atomic E-state index is 12.8. The Kier molecular flexibility index (Phi) is 10.7. The van der Waals surface area contributed by atoms with Crippen molar-refractivity contribution in [3.8, 4) is 5.75 Å². The largest absolute Gasteiger partial charge is 0.507 e. The number of halogens is 5. The maximum absolute atomic E-state index is 12.8. The van der Waals surface area contributed by atoms with E-state index < -0.39 is 17.6 Å². The van der Waals surface area contributed by atoms with Crippen LogP contribution in [0.5, 0.6) is 5.75 Å². The van der Waals surface area contributed by atoms with E-state index in [9.17, 15) is 23.1 Å². The number of rotatable bonds is 7. The number of alkyl halides is 3. The predicted molar refractivity (Wildman–Crippen MR) is 134 cm³/mol. The van der Waals surface area contributed by atoms with Gasteiger partial charge in [-0.1, -0.05) is 0 Å². The Morgan fingerprint density at radius 2 is 1.31 bits per heavy atom. The molecule has 0 bridgehead atoms. The van der Waals surface area contributed by atoms with Crippen molar-refractivity contribution in [1.82, 2.24) is 15.1 Å². The van der Waals surface area contributed by atoms with Gasteiger partial charge in [0.15, 0.2) is 0 Å². The molecule has 2 aliphatic rings. The van der Waals surface area contributed by atoms with Crippen molar-refractivity contribution < 1.29 is 23.1 Å². The Morgan fingerprint density at radius 3 is 1.74 bits per heavy atom. The van der Waals surface area contributed by atoms with Crippen LogP contribution in [-0.2, 0) is 25.8 Å². The van der Waals surface area contributed by atoms with Gasteiger partial charge in [-0.2, -0.15) is 13.2 Å². The van der Waals surface area contributed by atoms with Gasteiger partial charge in [0.2, 0.25) is 0 Å². The van der Waals surface area contributed by atoms with Crippen LogP contribution in [0.25, 0.3) is 0 Å². The molecule has 1 amide bonds. The summed E-state index contributed by atoms with van der Waals surface area (Å²) in [5.41, 5.74) is 1.98. The third-order valence-electron chi connectivity index (χ3n) is 6.44. The number of hydrogen-bond donors (Lipinski definition) is 2. The molecular weight excluding hydrogens is 502 g/mol. The second-order valence-corrected chi connectivity index (χ2v) is 8.99. The Balaban J connectivity index is 0.00000216. The van der Waals surface area contributed by atoms with Crippen LogP contribution in [0, 0.1) is 0 Å². The summed E-state index contributed by atoms with van der Waals surface area (Å²) in [5, 5.41) is 13.8. The summed E-state index contributed by atoms with van der Waals surface area (Å²) in [6.45, 7) is 5.61. The van der Waals surface area contributed by atoms with Crippen molar-refractivity contribution in [3.63, 3.8) is 0 Å². The molecule has 0 saturated carbocycles. The first-order valence-corrected chi connectivity index (χ1v) is 11.5. The van der Waals surface area contributed by atoms with Gasteiger partial charge < -0.3 is 10.4 Å². The highest BCUT2D eigenvalue weighted by Gasteiger charge is 2.30. The van der Waals surface area contributed by atoms with Gasteiger partial charge in [0.1, 0.15) is 5.75 Å². The molecule has 2 aromatic rings. The summed E-state index contributed by atoms with van der Waals surface area (Å²) >= 11 is 0. The molecule has 4 rings (SSSR count). The van der Waals surface area contributed by atoms with Crippen molar-refractivity contribution in [2.45, 2.75) is 51.5 Å². The van der Waals surface area contributed by atoms with Gasteiger partial charge >= 0.3 is 6.18 Å². The second-order valence-electron chi connectivity index (χ2n) is 8.99. The first kappa shape index (κ1) is 29.2. The number of likely N-dealkylation sites (tertiary alicyclic amines) is 2. The summed E-state index contributed by atoms with van der Waals surface area (Å²) in [6.07, 6.45) is 0.196. The number of nitrogens with one attached hydrogen (secondary N) is 1. The van der Waals surface area contributed by atoms with Gasteiger partial charge in [0, 0.05) is 36.3 Å². The summed E-state index contributed by atoms with van der Waals surface area (Å²) in [5.74, 6) is -0.106. The molecule has 10 heteroatoms. The van der Waals surface area contributed by atoms with E-state index in [-0.39, 0.29) is 36.9 Å². The van der Waals surface area contributed by atoms with Crippen molar-refractivity contribution in [2.24, 2.45) is 0 Å². The maximum Gasteiger partial charge on any atom is 0.416 e. The van der Waals surface area contributed by atoms with Gasteiger partial charge in [0.25, 0.3) is 5.91 Å². The lowest BCUT2D eigenvalue weighted by Crippen LogP contribution is -2.24. The molecule has 2 N–H and O–H groups in total. The van der Waals surface area contributed by atoms with Crippen LogP contribution in [0.2, 0.25) is 0 Å². The lowest BCUT2D eigenvalue weighted by Gasteiger charge is -2.21. The van der Waals surface area contributed by atoms with E-state index in [2.05, 4.69) is 15.1 Å². The number of aromatic hydroxyl groups is 1. The molecule has 0 atom stereocenters. The van der Waals surface area contributed by atoms with E-state index in [0.29, 0.717) is 18.8 Å². The standard InChI is InChI=1S/C25H30F3N3O2.2ClH/c26-25(27,28)22-7-5-19(6-8-22)24(33)29-15-18-13-20(16-30-9-1-2-10-30)23(32)21(14-18)17-31-11-3-4-12-31;;/h5-8,13-14,32H,1-4,9-12,15-17H2,(H,29,33);2*1H. The molecule has 194 valence electrons. The van der Waals surface area contributed by atoms with Crippen molar-refractivity contribution >= 4 is 30.7 Å². The number of amides is 1. The third-order valence-corrected chi connectivity index (χ3v) is 6.44. The number of phenolic OH excluding ortho intramolecular Hbond substituents is 1. The Hall–Kier alpha value is -2.00. The Labute approximate surface area is 216 Å². The molecule has 2 aromatic carbocycles. The van der Waals surface area contributed by atoms with Crippen molar-refractivity contribution in [1.29, 1.82) is 0 Å². The summed E-state index contributed by atoms with van der Waals surface area (Å²) in [4.78, 5) is 17.2. The van der Waals surface area contributed by atoms with Gasteiger partial charge in [-0.15, -0.1) is 24.8 Å². The highest BCUT2D eigenvalue weighted by atomic mass is 35.5. The number of carbonyl (C=O) groups is 1. The highest BCUT2D eigenvalue weighted by Crippen LogP contribution is 2.30. The van der Waals surface area contributed by atoms with E-state index in [1.165, 1.54) is 12.1 Å². The van der Waals surface area contributed by atoms with Crippen LogP contribution < -0.4 is 5.32 Å². The zero-order valence-corrected chi connectivity index (χ0v) is 21.1. The zero-order valence-electron chi connectivity index (χ0n) is 19.4. The average molecular weight is 534 g/mol. The first-order chi connectivity index (χ1) is 15.8. The van der Waals surface area contributed by atoms with Gasteiger partial charge in [-0.3, -0.25) is 14.6 Å². The van der Waals surface area contributed by atoms with Crippen molar-refractivity contribution in [3.05, 3.63) is 64.2 Å². The smallest absolute Gasteiger partial charge is 0.416 e. The highest BCUT2D eigenvalue weighted by molar-refractivity contribution is 5.94. The predicted octanol–water partition coefficient (Wildman–Crippen LogP) is 5.38. The molecule has 0 spiro atoms. The molecule has 0 aromatic heterocycles. The second kappa shape index (κ2) is 12.8. The van der Waals surface area contributed by atoms with Crippen LogP contribution in [0.1, 0.15) is 58.3 Å². The third kappa shape index (κ3) is 7.74.